The number of aromatic nitrogens is 1. The van der Waals surface area contributed by atoms with Gasteiger partial charge in [0.05, 0.1) is 16.8 Å². The van der Waals surface area contributed by atoms with Crippen molar-refractivity contribution < 1.29 is 14.3 Å². The van der Waals surface area contributed by atoms with Crippen LogP contribution in [0.15, 0.2) is 42.5 Å². The van der Waals surface area contributed by atoms with Gasteiger partial charge in [0.25, 0.3) is 0 Å². The van der Waals surface area contributed by atoms with E-state index in [1.165, 1.54) is 0 Å². The molecule has 2 heterocycles. The summed E-state index contributed by atoms with van der Waals surface area (Å²) in [4.78, 5) is 16.6. The van der Waals surface area contributed by atoms with Crippen molar-refractivity contribution in [2.24, 2.45) is 0 Å². The maximum absolute atomic E-state index is 12.1. The molecule has 0 saturated heterocycles. The first kappa shape index (κ1) is 15.9. The molecule has 4 rings (SSSR count). The Hall–Kier alpha value is -2.60. The van der Waals surface area contributed by atoms with Crippen LogP contribution < -0.4 is 14.8 Å². The number of carbonyl (C=O) groups excluding carboxylic acids is 1. The maximum atomic E-state index is 12.1. The number of hydrogen-bond acceptors (Lipinski definition) is 5. The number of fused-ring (bicyclic) bond motifs is 2. The third kappa shape index (κ3) is 3.74. The molecule has 0 saturated carbocycles. The topological polar surface area (TPSA) is 60.5 Å². The number of nitrogens with zero attached hydrogens (tertiary/aromatic N) is 1. The van der Waals surface area contributed by atoms with Gasteiger partial charge in [0.1, 0.15) is 18.2 Å². The zero-order valence-corrected chi connectivity index (χ0v) is 14.5. The highest BCUT2D eigenvalue weighted by atomic mass is 32.1. The predicted molar refractivity (Wildman–Crippen MR) is 97.2 cm³/mol. The maximum Gasteiger partial charge on any atom is 0.220 e. The van der Waals surface area contributed by atoms with Crippen LogP contribution in [0, 0.1) is 0 Å². The number of hydrogen-bond donors (Lipinski definition) is 1. The molecule has 1 aromatic heterocycles. The van der Waals surface area contributed by atoms with Gasteiger partial charge < -0.3 is 14.8 Å². The van der Waals surface area contributed by atoms with E-state index in [1.807, 2.05) is 42.5 Å². The normalized spacial score (nSPS) is 13.0. The third-order valence-corrected chi connectivity index (χ3v) is 5.06. The van der Waals surface area contributed by atoms with Crippen LogP contribution in [0.2, 0.25) is 0 Å². The summed E-state index contributed by atoms with van der Waals surface area (Å²) in [6, 6.07) is 13.8. The Morgan fingerprint density at radius 1 is 1.12 bits per heavy atom. The highest BCUT2D eigenvalue weighted by molar-refractivity contribution is 7.18. The lowest BCUT2D eigenvalue weighted by atomic mass is 10.1. The monoisotopic (exact) mass is 354 g/mol. The average Bonchev–Trinajstić information content (AvgIpc) is 3.07. The van der Waals surface area contributed by atoms with E-state index in [2.05, 4.69) is 10.3 Å². The number of carbonyl (C=O) groups is 1. The zero-order valence-electron chi connectivity index (χ0n) is 13.7. The molecule has 1 amide bonds. The summed E-state index contributed by atoms with van der Waals surface area (Å²) in [5.41, 5.74) is 2.05. The number of rotatable bonds is 5. The standard InChI is InChI=1S/C19H18N2O3S/c22-18(20-12-19-21-14-3-1-2-4-17(14)25-19)8-6-13-5-7-15-16(11-13)24-10-9-23-15/h1-5,7,11H,6,8-10,12H2,(H,20,22). The van der Waals surface area contributed by atoms with E-state index in [1.54, 1.807) is 11.3 Å². The fourth-order valence-electron chi connectivity index (χ4n) is 2.76. The van der Waals surface area contributed by atoms with Crippen LogP contribution >= 0.6 is 11.3 Å². The Bertz CT molecular complexity index is 874. The molecule has 5 nitrogen and oxygen atoms in total. The number of amides is 1. The summed E-state index contributed by atoms with van der Waals surface area (Å²) in [6.07, 6.45) is 1.10. The van der Waals surface area contributed by atoms with E-state index in [9.17, 15) is 4.79 Å². The summed E-state index contributed by atoms with van der Waals surface area (Å²) in [6.45, 7) is 1.62. The van der Waals surface area contributed by atoms with Crippen molar-refractivity contribution in [1.29, 1.82) is 0 Å². The summed E-state index contributed by atoms with van der Waals surface area (Å²) in [5, 5.41) is 3.87. The molecular weight excluding hydrogens is 336 g/mol. The largest absolute Gasteiger partial charge is 0.486 e. The highest BCUT2D eigenvalue weighted by Crippen LogP contribution is 2.31. The summed E-state index contributed by atoms with van der Waals surface area (Å²) >= 11 is 1.61. The fourth-order valence-corrected chi connectivity index (χ4v) is 3.67. The lowest BCUT2D eigenvalue weighted by molar-refractivity contribution is -0.121. The van der Waals surface area contributed by atoms with E-state index in [4.69, 9.17) is 9.47 Å². The van der Waals surface area contributed by atoms with Gasteiger partial charge in [0.15, 0.2) is 11.5 Å². The Morgan fingerprint density at radius 2 is 1.96 bits per heavy atom. The van der Waals surface area contributed by atoms with Crippen LogP contribution in [-0.4, -0.2) is 24.1 Å². The smallest absolute Gasteiger partial charge is 0.220 e. The van der Waals surface area contributed by atoms with Crippen LogP contribution in [0.5, 0.6) is 11.5 Å². The Balaban J connectivity index is 1.30. The molecule has 0 spiro atoms. The van der Waals surface area contributed by atoms with Gasteiger partial charge in [0.2, 0.25) is 5.91 Å². The molecule has 0 bridgehead atoms. The number of benzene rings is 2. The van der Waals surface area contributed by atoms with Crippen molar-refractivity contribution >= 4 is 27.5 Å². The summed E-state index contributed by atoms with van der Waals surface area (Å²) < 4.78 is 12.2. The number of para-hydroxylation sites is 1. The Kier molecular flexibility index (Phi) is 4.52. The molecule has 1 aliphatic rings. The minimum Gasteiger partial charge on any atom is -0.486 e. The molecule has 3 aromatic rings. The quantitative estimate of drug-likeness (QED) is 0.764. The molecule has 6 heteroatoms. The molecule has 1 N–H and O–H groups in total. The second-order valence-electron chi connectivity index (χ2n) is 5.83. The van der Waals surface area contributed by atoms with Crippen LogP contribution in [0.3, 0.4) is 0 Å². The van der Waals surface area contributed by atoms with E-state index in [0.29, 0.717) is 32.6 Å². The average molecular weight is 354 g/mol. The molecule has 1 aliphatic heterocycles. The van der Waals surface area contributed by atoms with Crippen molar-refractivity contribution in [2.45, 2.75) is 19.4 Å². The Morgan fingerprint density at radius 3 is 2.84 bits per heavy atom. The van der Waals surface area contributed by atoms with Crippen molar-refractivity contribution in [1.82, 2.24) is 10.3 Å². The first-order chi connectivity index (χ1) is 12.3. The minimum absolute atomic E-state index is 0.0224. The van der Waals surface area contributed by atoms with Crippen LogP contribution in [0.25, 0.3) is 10.2 Å². The number of thiazole rings is 1. The van der Waals surface area contributed by atoms with Crippen LogP contribution in [0.1, 0.15) is 17.0 Å². The van der Waals surface area contributed by atoms with Gasteiger partial charge in [-0.2, -0.15) is 0 Å². The van der Waals surface area contributed by atoms with Gasteiger partial charge in [0, 0.05) is 6.42 Å². The highest BCUT2D eigenvalue weighted by Gasteiger charge is 2.12. The van der Waals surface area contributed by atoms with Gasteiger partial charge in [-0.3, -0.25) is 4.79 Å². The van der Waals surface area contributed by atoms with E-state index in [-0.39, 0.29) is 5.91 Å². The van der Waals surface area contributed by atoms with Gasteiger partial charge >= 0.3 is 0 Å². The van der Waals surface area contributed by atoms with E-state index in [0.717, 1.165) is 32.3 Å². The van der Waals surface area contributed by atoms with Crippen LogP contribution in [-0.2, 0) is 17.8 Å². The van der Waals surface area contributed by atoms with Gasteiger partial charge in [-0.1, -0.05) is 18.2 Å². The lowest BCUT2D eigenvalue weighted by Gasteiger charge is -2.18. The molecule has 0 aliphatic carbocycles. The molecule has 0 fully saturated rings. The van der Waals surface area contributed by atoms with E-state index >= 15 is 0 Å². The van der Waals surface area contributed by atoms with Crippen molar-refractivity contribution in [3.8, 4) is 11.5 Å². The van der Waals surface area contributed by atoms with Crippen molar-refractivity contribution in [3.05, 3.63) is 53.0 Å². The fraction of sp³-hybridized carbons (Fsp3) is 0.263. The minimum atomic E-state index is 0.0224. The molecule has 0 unspecified atom stereocenters. The van der Waals surface area contributed by atoms with Crippen molar-refractivity contribution in [2.75, 3.05) is 13.2 Å². The molecule has 2 aromatic carbocycles. The lowest BCUT2D eigenvalue weighted by Crippen LogP contribution is -2.23. The molecule has 0 radical (unpaired) electrons. The van der Waals surface area contributed by atoms with Gasteiger partial charge in [-0.25, -0.2) is 4.98 Å². The zero-order chi connectivity index (χ0) is 17.1. The first-order valence-electron chi connectivity index (χ1n) is 8.27. The Labute approximate surface area is 149 Å². The summed E-state index contributed by atoms with van der Waals surface area (Å²) in [5.74, 6) is 1.56. The molecule has 0 atom stereocenters. The number of aryl methyl sites for hydroxylation is 1. The third-order valence-electron chi connectivity index (χ3n) is 4.02. The van der Waals surface area contributed by atoms with Crippen molar-refractivity contribution in [3.63, 3.8) is 0 Å². The SMILES string of the molecule is O=C(CCc1ccc2c(c1)OCCO2)NCc1nc2ccccc2s1. The predicted octanol–water partition coefficient (Wildman–Crippen LogP) is 3.32. The van der Waals surface area contributed by atoms with E-state index < -0.39 is 0 Å². The molecule has 25 heavy (non-hydrogen) atoms. The van der Waals surface area contributed by atoms with Crippen LogP contribution in [0.4, 0.5) is 0 Å². The second kappa shape index (κ2) is 7.11. The summed E-state index contributed by atoms with van der Waals surface area (Å²) in [7, 11) is 0. The second-order valence-corrected chi connectivity index (χ2v) is 6.95. The number of nitrogens with one attached hydrogen (secondary N) is 1. The first-order valence-corrected chi connectivity index (χ1v) is 9.09. The van der Waals surface area contributed by atoms with Gasteiger partial charge in [-0.05, 0) is 36.2 Å². The number of ether oxygens (including phenoxy) is 2. The molecule has 128 valence electrons. The molecular formula is C19H18N2O3S. The van der Waals surface area contributed by atoms with Gasteiger partial charge in [-0.15, -0.1) is 11.3 Å².